The van der Waals surface area contributed by atoms with Crippen LogP contribution in [0.2, 0.25) is 5.28 Å². The van der Waals surface area contributed by atoms with E-state index >= 15 is 0 Å². The molecule has 0 amide bonds. The van der Waals surface area contributed by atoms with Gasteiger partial charge in [-0.15, -0.1) is 0 Å². The Bertz CT molecular complexity index is 1110. The fraction of sp³-hybridized carbons (Fsp3) is 0.556. The van der Waals surface area contributed by atoms with Gasteiger partial charge in [-0.05, 0) is 35.7 Å². The molecule has 15 heteroatoms. The van der Waals surface area contributed by atoms with E-state index in [9.17, 15) is 19.1 Å². The van der Waals surface area contributed by atoms with E-state index < -0.39 is 46.0 Å². The normalized spacial score (nSPS) is 27.7. The first kappa shape index (κ1) is 24.9. The molecule has 12 nitrogen and oxygen atoms in total. The van der Waals surface area contributed by atoms with Crippen molar-refractivity contribution in [2.45, 2.75) is 37.2 Å². The number of fused-ring (bicyclic) bond motifs is 1. The second-order valence-electron chi connectivity index (χ2n) is 8.04. The van der Waals surface area contributed by atoms with Crippen LogP contribution in [0.5, 0.6) is 0 Å². The van der Waals surface area contributed by atoms with Crippen molar-refractivity contribution in [3.8, 4) is 0 Å². The summed E-state index contributed by atoms with van der Waals surface area (Å²) in [6.07, 6.45) is -1.47. The summed E-state index contributed by atoms with van der Waals surface area (Å²) in [5.74, 6) is -0.706. The summed E-state index contributed by atoms with van der Waals surface area (Å²) in [7, 11) is -9.23. The molecule has 2 saturated heterocycles. The van der Waals surface area contributed by atoms with E-state index in [-0.39, 0.29) is 17.7 Å². The van der Waals surface area contributed by atoms with Crippen LogP contribution in [0.15, 0.2) is 18.2 Å². The predicted molar refractivity (Wildman–Crippen MR) is 118 cm³/mol. The third kappa shape index (κ3) is 6.49. The minimum absolute atomic E-state index is 0.0592. The number of halogens is 1. The largest absolute Gasteiger partial charge is 0.390 e. The van der Waals surface area contributed by atoms with Crippen LogP contribution in [0.3, 0.4) is 0 Å². The molecule has 1 aromatic carbocycles. The van der Waals surface area contributed by atoms with E-state index in [1.165, 1.54) is 0 Å². The number of ether oxygens (including phenoxy) is 2. The van der Waals surface area contributed by atoms with Gasteiger partial charge in [0.2, 0.25) is 5.28 Å². The van der Waals surface area contributed by atoms with Crippen LogP contribution < -0.4 is 5.32 Å². The van der Waals surface area contributed by atoms with Crippen LogP contribution in [0.25, 0.3) is 10.9 Å². The first-order valence-electron chi connectivity index (χ1n) is 10.1. The Labute approximate surface area is 193 Å². The van der Waals surface area contributed by atoms with Crippen LogP contribution in [-0.4, -0.2) is 73.7 Å². The van der Waals surface area contributed by atoms with Crippen LogP contribution in [0, 0.1) is 0 Å². The van der Waals surface area contributed by atoms with Gasteiger partial charge in [-0.1, -0.05) is 6.07 Å². The molecule has 2 aliphatic heterocycles. The van der Waals surface area contributed by atoms with Gasteiger partial charge >= 0.3 is 15.2 Å². The Hall–Kier alpha value is -1.17. The third-order valence-electron chi connectivity index (χ3n) is 5.31. The van der Waals surface area contributed by atoms with Gasteiger partial charge in [-0.3, -0.25) is 9.13 Å². The van der Waals surface area contributed by atoms with Crippen molar-refractivity contribution in [1.82, 2.24) is 9.97 Å². The van der Waals surface area contributed by atoms with Gasteiger partial charge in [-0.25, -0.2) is 9.97 Å². The molecule has 1 aromatic heterocycles. The Morgan fingerprint density at radius 2 is 2.03 bits per heavy atom. The molecule has 3 heterocycles. The van der Waals surface area contributed by atoms with Crippen molar-refractivity contribution in [3.63, 3.8) is 0 Å². The fourth-order valence-electron chi connectivity index (χ4n) is 3.87. The number of aliphatic hydroxyl groups excluding tert-OH is 1. The highest BCUT2D eigenvalue weighted by Gasteiger charge is 2.38. The zero-order valence-corrected chi connectivity index (χ0v) is 19.8. The number of nitrogens with one attached hydrogen (secondary N) is 1. The SMILES string of the molecule is O=P(O)(O)CP(=O)(O)OC[C@@H]1C[C@@H](O)[C@H](c2ccc3c(NC4CCOC4)nc(Cl)nc3c2)O1. The summed E-state index contributed by atoms with van der Waals surface area (Å²) in [6, 6.07) is 5.40. The van der Waals surface area contributed by atoms with E-state index in [1.54, 1.807) is 18.2 Å². The highest BCUT2D eigenvalue weighted by Crippen LogP contribution is 2.55. The summed E-state index contributed by atoms with van der Waals surface area (Å²) in [4.78, 5) is 35.9. The van der Waals surface area contributed by atoms with Gasteiger partial charge in [0.05, 0.1) is 37.0 Å². The topological polar surface area (TPSA) is 181 Å². The van der Waals surface area contributed by atoms with Crippen LogP contribution >= 0.6 is 26.8 Å². The predicted octanol–water partition coefficient (Wildman–Crippen LogP) is 2.01. The number of benzene rings is 1. The first-order valence-corrected chi connectivity index (χ1v) is 14.1. The van der Waals surface area contributed by atoms with Crippen LogP contribution in [0.4, 0.5) is 5.82 Å². The molecular weight excluding hydrogens is 500 g/mol. The summed E-state index contributed by atoms with van der Waals surface area (Å²) < 4.78 is 38.8. The Kier molecular flexibility index (Phi) is 7.43. The second-order valence-corrected chi connectivity index (χ2v) is 12.4. The minimum atomic E-state index is -4.73. The van der Waals surface area contributed by atoms with E-state index in [1.807, 2.05) is 0 Å². The molecule has 0 spiro atoms. The smallest absolute Gasteiger partial charge is 0.340 e. The zero-order chi connectivity index (χ0) is 23.8. The molecule has 5 atom stereocenters. The van der Waals surface area contributed by atoms with Crippen molar-refractivity contribution in [2.24, 2.45) is 0 Å². The standard InChI is InChI=1S/C18H24ClN3O9P2/c19-18-21-14-5-10(1-2-13(14)17(22-18)20-11-3-4-29-7-11)16-15(23)6-12(31-16)8-30-33(27,28)9-32(24,25)26/h1-2,5,11-12,15-16,23H,3-4,6-9H2,(H,27,28)(H,20,21,22)(H2,24,25,26)/t11?,12-,15+,16-/m0/s1. The lowest BCUT2D eigenvalue weighted by atomic mass is 10.0. The summed E-state index contributed by atoms with van der Waals surface area (Å²) in [5.41, 5.74) is 1.16. The number of aromatic nitrogens is 2. The number of anilines is 1. The lowest BCUT2D eigenvalue weighted by Crippen LogP contribution is -2.20. The molecule has 5 N–H and O–H groups in total. The molecule has 0 saturated carbocycles. The third-order valence-corrected chi connectivity index (χ3v) is 8.94. The van der Waals surface area contributed by atoms with Crippen molar-refractivity contribution >= 4 is 43.5 Å². The maximum Gasteiger partial charge on any atom is 0.340 e. The van der Waals surface area contributed by atoms with E-state index in [0.717, 1.165) is 11.8 Å². The molecule has 33 heavy (non-hydrogen) atoms. The monoisotopic (exact) mass is 523 g/mol. The van der Waals surface area contributed by atoms with Crippen molar-refractivity contribution in [2.75, 3.05) is 31.0 Å². The number of aliphatic hydroxyl groups is 1. The van der Waals surface area contributed by atoms with Gasteiger partial charge in [0, 0.05) is 18.4 Å². The van der Waals surface area contributed by atoms with E-state index in [0.29, 0.717) is 30.1 Å². The highest BCUT2D eigenvalue weighted by molar-refractivity contribution is 7.70. The number of nitrogens with zero attached hydrogens (tertiary/aromatic N) is 2. The van der Waals surface area contributed by atoms with Crippen molar-refractivity contribution in [3.05, 3.63) is 29.0 Å². The van der Waals surface area contributed by atoms with Crippen LogP contribution in [-0.2, 0) is 23.1 Å². The number of rotatable bonds is 8. The van der Waals surface area contributed by atoms with Gasteiger partial charge in [0.25, 0.3) is 0 Å². The summed E-state index contributed by atoms with van der Waals surface area (Å²) in [5, 5.41) is 14.6. The van der Waals surface area contributed by atoms with Crippen molar-refractivity contribution in [1.29, 1.82) is 0 Å². The number of hydrogen-bond acceptors (Lipinski definition) is 9. The highest BCUT2D eigenvalue weighted by atomic mass is 35.5. The van der Waals surface area contributed by atoms with Gasteiger partial charge in [-0.2, -0.15) is 0 Å². The molecule has 4 rings (SSSR count). The fourth-order valence-corrected chi connectivity index (χ4v) is 6.64. The first-order chi connectivity index (χ1) is 15.5. The van der Waals surface area contributed by atoms with Crippen molar-refractivity contribution < 1.29 is 42.9 Å². The van der Waals surface area contributed by atoms with E-state index in [2.05, 4.69) is 15.3 Å². The Morgan fingerprint density at radius 1 is 1.24 bits per heavy atom. The molecule has 0 radical (unpaired) electrons. The van der Waals surface area contributed by atoms with Gasteiger partial charge in [0.1, 0.15) is 11.9 Å². The Balaban J connectivity index is 1.47. The average molecular weight is 524 g/mol. The molecule has 0 bridgehead atoms. The van der Waals surface area contributed by atoms with E-state index in [4.69, 9.17) is 35.4 Å². The minimum Gasteiger partial charge on any atom is -0.390 e. The molecular formula is C18H24ClN3O9P2. The summed E-state index contributed by atoms with van der Waals surface area (Å²) >= 11 is 6.11. The molecule has 0 aliphatic carbocycles. The molecule has 2 unspecified atom stereocenters. The second kappa shape index (κ2) is 9.83. The number of hydrogen-bond donors (Lipinski definition) is 5. The lowest BCUT2D eigenvalue weighted by Gasteiger charge is -2.18. The Morgan fingerprint density at radius 3 is 2.73 bits per heavy atom. The average Bonchev–Trinajstić information content (AvgIpc) is 3.33. The zero-order valence-electron chi connectivity index (χ0n) is 17.3. The summed E-state index contributed by atoms with van der Waals surface area (Å²) in [6.45, 7) is 0.841. The van der Waals surface area contributed by atoms with Crippen LogP contribution in [0.1, 0.15) is 24.5 Å². The quantitative estimate of drug-likeness (QED) is 0.251. The maximum atomic E-state index is 11.8. The van der Waals surface area contributed by atoms with Gasteiger partial charge in [0.15, 0.2) is 5.90 Å². The lowest BCUT2D eigenvalue weighted by molar-refractivity contribution is -0.00786. The molecule has 2 fully saturated rings. The molecule has 2 aliphatic rings. The maximum absolute atomic E-state index is 11.8. The molecule has 2 aromatic rings. The van der Waals surface area contributed by atoms with Gasteiger partial charge < -0.3 is 39.1 Å². The molecule has 182 valence electrons.